The molecule has 8 nitrogen and oxygen atoms in total. The SMILES string of the molecule is Nc1cc(-c2ccc(Cl)cc2[N+](=O)[O-])ccc1Sc1ccc(-c2ccc(Cl)cc2[N+](=O)[O-])cc1N. The van der Waals surface area contributed by atoms with E-state index in [1.165, 1.54) is 23.9 Å². The van der Waals surface area contributed by atoms with Gasteiger partial charge in [0.1, 0.15) is 0 Å². The highest BCUT2D eigenvalue weighted by atomic mass is 35.5. The Bertz CT molecular complexity index is 1390. The molecule has 0 saturated carbocycles. The first-order valence-electron chi connectivity index (χ1n) is 9.99. The lowest BCUT2D eigenvalue weighted by molar-refractivity contribution is -0.384. The first-order chi connectivity index (χ1) is 16.6. The highest BCUT2D eigenvalue weighted by Gasteiger charge is 2.19. The number of hydrogen-bond donors (Lipinski definition) is 2. The van der Waals surface area contributed by atoms with Gasteiger partial charge in [0.15, 0.2) is 0 Å². The Labute approximate surface area is 213 Å². The zero-order valence-electron chi connectivity index (χ0n) is 17.8. The van der Waals surface area contributed by atoms with Gasteiger partial charge in [0.2, 0.25) is 0 Å². The second kappa shape index (κ2) is 9.83. The predicted octanol–water partition coefficient (Wildman–Crippen LogP) is 7.46. The maximum Gasteiger partial charge on any atom is 0.278 e. The molecule has 0 aliphatic heterocycles. The topological polar surface area (TPSA) is 138 Å². The third-order valence-electron chi connectivity index (χ3n) is 5.17. The monoisotopic (exact) mass is 526 g/mol. The van der Waals surface area contributed by atoms with Crippen molar-refractivity contribution >= 4 is 57.7 Å². The summed E-state index contributed by atoms with van der Waals surface area (Å²) < 4.78 is 0. The molecule has 0 spiro atoms. The van der Waals surface area contributed by atoms with Crippen LogP contribution in [0, 0.1) is 20.2 Å². The summed E-state index contributed by atoms with van der Waals surface area (Å²) >= 11 is 13.1. The van der Waals surface area contributed by atoms with Crippen LogP contribution in [0.4, 0.5) is 22.7 Å². The first kappa shape index (κ1) is 24.3. The maximum absolute atomic E-state index is 11.4. The fourth-order valence-electron chi connectivity index (χ4n) is 3.54. The van der Waals surface area contributed by atoms with E-state index in [9.17, 15) is 20.2 Å². The van der Waals surface area contributed by atoms with Crippen molar-refractivity contribution in [2.24, 2.45) is 0 Å². The highest BCUT2D eigenvalue weighted by Crippen LogP contribution is 2.41. The molecular formula is C24H16Cl2N4O4S. The van der Waals surface area contributed by atoms with Gasteiger partial charge in [-0.2, -0.15) is 0 Å². The van der Waals surface area contributed by atoms with Crippen LogP contribution in [0.3, 0.4) is 0 Å². The maximum atomic E-state index is 11.4. The molecule has 0 aliphatic rings. The van der Waals surface area contributed by atoms with Crippen LogP contribution in [0.15, 0.2) is 82.6 Å². The summed E-state index contributed by atoms with van der Waals surface area (Å²) in [5, 5.41) is 23.4. The predicted molar refractivity (Wildman–Crippen MR) is 140 cm³/mol. The summed E-state index contributed by atoms with van der Waals surface area (Å²) in [5.41, 5.74) is 15.1. The van der Waals surface area contributed by atoms with E-state index in [0.29, 0.717) is 43.4 Å². The van der Waals surface area contributed by atoms with Gasteiger partial charge in [-0.3, -0.25) is 20.2 Å². The molecule has 0 aliphatic carbocycles. The van der Waals surface area contributed by atoms with E-state index in [1.54, 1.807) is 60.7 Å². The van der Waals surface area contributed by atoms with Gasteiger partial charge in [-0.15, -0.1) is 0 Å². The number of anilines is 2. The van der Waals surface area contributed by atoms with Crippen molar-refractivity contribution in [3.8, 4) is 22.3 Å². The van der Waals surface area contributed by atoms with Crippen LogP contribution < -0.4 is 11.5 Å². The summed E-state index contributed by atoms with van der Waals surface area (Å²) in [6.07, 6.45) is 0. The van der Waals surface area contributed by atoms with Gasteiger partial charge in [-0.1, -0.05) is 47.1 Å². The van der Waals surface area contributed by atoms with Gasteiger partial charge in [-0.05, 0) is 59.7 Å². The molecule has 0 fully saturated rings. The van der Waals surface area contributed by atoms with E-state index in [-0.39, 0.29) is 21.4 Å². The molecule has 0 heterocycles. The smallest absolute Gasteiger partial charge is 0.278 e. The lowest BCUT2D eigenvalue weighted by Crippen LogP contribution is -1.96. The second-order valence-electron chi connectivity index (χ2n) is 7.44. The minimum Gasteiger partial charge on any atom is -0.398 e. The van der Waals surface area contributed by atoms with Crippen molar-refractivity contribution in [1.29, 1.82) is 0 Å². The quantitative estimate of drug-likeness (QED) is 0.151. The number of nitrogens with two attached hydrogens (primary N) is 2. The van der Waals surface area contributed by atoms with Gasteiger partial charge in [-0.25, -0.2) is 0 Å². The molecule has 4 aromatic rings. The Morgan fingerprint density at radius 2 is 1.03 bits per heavy atom. The Hall–Kier alpha value is -3.79. The molecule has 0 atom stereocenters. The van der Waals surface area contributed by atoms with Crippen molar-refractivity contribution in [3.63, 3.8) is 0 Å². The molecule has 176 valence electrons. The summed E-state index contributed by atoms with van der Waals surface area (Å²) in [4.78, 5) is 23.3. The molecule has 4 N–H and O–H groups in total. The molecular weight excluding hydrogens is 511 g/mol. The summed E-state index contributed by atoms with van der Waals surface area (Å²) in [6, 6.07) is 19.2. The number of benzene rings is 4. The molecule has 0 saturated heterocycles. The van der Waals surface area contributed by atoms with Gasteiger partial charge in [0, 0.05) is 43.3 Å². The van der Waals surface area contributed by atoms with Crippen molar-refractivity contribution in [3.05, 3.63) is 103 Å². The fourth-order valence-corrected chi connectivity index (χ4v) is 4.73. The molecule has 0 bridgehead atoms. The molecule has 11 heteroatoms. The fraction of sp³-hybridized carbons (Fsp3) is 0. The second-order valence-corrected chi connectivity index (χ2v) is 9.40. The van der Waals surface area contributed by atoms with Crippen molar-refractivity contribution < 1.29 is 9.85 Å². The van der Waals surface area contributed by atoms with Crippen molar-refractivity contribution in [2.75, 3.05) is 11.5 Å². The number of nitrogens with zero attached hydrogens (tertiary/aromatic N) is 2. The zero-order chi connectivity index (χ0) is 25.3. The molecule has 0 amide bonds. The largest absolute Gasteiger partial charge is 0.398 e. The average molecular weight is 527 g/mol. The van der Waals surface area contributed by atoms with Crippen LogP contribution in [0.1, 0.15) is 0 Å². The lowest BCUT2D eigenvalue weighted by atomic mass is 10.0. The Morgan fingerprint density at radius 1 is 0.629 bits per heavy atom. The minimum atomic E-state index is -0.493. The molecule has 35 heavy (non-hydrogen) atoms. The zero-order valence-corrected chi connectivity index (χ0v) is 20.1. The van der Waals surface area contributed by atoms with Gasteiger partial charge in [0.05, 0.1) is 21.0 Å². The average Bonchev–Trinajstić information content (AvgIpc) is 2.81. The summed E-state index contributed by atoms with van der Waals surface area (Å²) in [5.74, 6) is 0. The van der Waals surface area contributed by atoms with E-state index in [4.69, 9.17) is 34.7 Å². The molecule has 4 rings (SSSR count). The Balaban J connectivity index is 1.64. The normalized spacial score (nSPS) is 10.8. The number of nitro benzene ring substituents is 2. The highest BCUT2D eigenvalue weighted by molar-refractivity contribution is 7.99. The van der Waals surface area contributed by atoms with Crippen LogP contribution in [0.2, 0.25) is 10.0 Å². The van der Waals surface area contributed by atoms with Crippen LogP contribution in [0.25, 0.3) is 22.3 Å². The molecule has 4 aromatic carbocycles. The lowest BCUT2D eigenvalue weighted by Gasteiger charge is -2.12. The number of halogens is 2. The number of hydrogen-bond acceptors (Lipinski definition) is 7. The van der Waals surface area contributed by atoms with E-state index < -0.39 is 9.85 Å². The van der Waals surface area contributed by atoms with E-state index in [2.05, 4.69) is 0 Å². The van der Waals surface area contributed by atoms with Gasteiger partial charge >= 0.3 is 0 Å². The minimum absolute atomic E-state index is 0.117. The van der Waals surface area contributed by atoms with Crippen molar-refractivity contribution in [2.45, 2.75) is 9.79 Å². The van der Waals surface area contributed by atoms with Crippen LogP contribution in [0.5, 0.6) is 0 Å². The van der Waals surface area contributed by atoms with E-state index >= 15 is 0 Å². The third kappa shape index (κ3) is 5.17. The standard InChI is InChI=1S/C24H16Cl2N4O4S/c25-15-3-5-17(21(11-15)29(31)32)13-1-7-23(19(27)9-13)35-24-8-2-14(10-20(24)28)18-6-4-16(26)12-22(18)30(33)34/h1-12H,27-28H2. The molecule has 0 radical (unpaired) electrons. The summed E-state index contributed by atoms with van der Waals surface area (Å²) in [6.45, 7) is 0. The van der Waals surface area contributed by atoms with E-state index in [0.717, 1.165) is 0 Å². The third-order valence-corrected chi connectivity index (χ3v) is 6.83. The van der Waals surface area contributed by atoms with Crippen LogP contribution >= 0.6 is 35.0 Å². The molecule has 0 unspecified atom stereocenters. The number of nitrogen functional groups attached to an aromatic ring is 2. The number of nitro groups is 2. The van der Waals surface area contributed by atoms with Crippen molar-refractivity contribution in [1.82, 2.24) is 0 Å². The van der Waals surface area contributed by atoms with Crippen LogP contribution in [-0.4, -0.2) is 9.85 Å². The first-order valence-corrected chi connectivity index (χ1v) is 11.6. The van der Waals surface area contributed by atoms with E-state index in [1.807, 2.05) is 0 Å². The van der Waals surface area contributed by atoms with Gasteiger partial charge in [0.25, 0.3) is 11.4 Å². The van der Waals surface area contributed by atoms with Gasteiger partial charge < -0.3 is 11.5 Å². The van der Waals surface area contributed by atoms with Crippen LogP contribution in [-0.2, 0) is 0 Å². The molecule has 0 aromatic heterocycles. The Kier molecular flexibility index (Phi) is 6.83. The Morgan fingerprint density at radius 3 is 1.37 bits per heavy atom. The number of rotatable bonds is 6. The summed E-state index contributed by atoms with van der Waals surface area (Å²) in [7, 11) is 0.